The second kappa shape index (κ2) is 7.70. The average molecular weight is 343 g/mol. The van der Waals surface area contributed by atoms with Crippen molar-refractivity contribution in [1.29, 1.82) is 0 Å². The lowest BCUT2D eigenvalue weighted by Crippen LogP contribution is -2.46. The van der Waals surface area contributed by atoms with Crippen LogP contribution in [0.1, 0.15) is 64.4 Å². The first-order chi connectivity index (χ1) is 12.2. The quantitative estimate of drug-likeness (QED) is 0.552. The molecule has 0 N–H and O–H groups in total. The molecule has 4 aliphatic rings. The maximum Gasteiger partial charge on any atom is 0.200 e. The van der Waals surface area contributed by atoms with E-state index in [-0.39, 0.29) is 6.29 Å². The van der Waals surface area contributed by atoms with Gasteiger partial charge in [0, 0.05) is 6.42 Å². The first kappa shape index (κ1) is 17.4. The van der Waals surface area contributed by atoms with Crippen molar-refractivity contribution in [2.24, 2.45) is 29.6 Å². The molecule has 0 aromatic heterocycles. The number of rotatable bonds is 8. The Morgan fingerprint density at radius 3 is 2.12 bits per heavy atom. The first-order valence-corrected chi connectivity index (χ1v) is 10.6. The molecule has 4 saturated carbocycles. The Hall–Kier alpha value is -1.02. The van der Waals surface area contributed by atoms with Gasteiger partial charge in [-0.25, -0.2) is 0 Å². The smallest absolute Gasteiger partial charge is 0.200 e. The van der Waals surface area contributed by atoms with Gasteiger partial charge in [0.2, 0.25) is 0 Å². The molecule has 0 saturated heterocycles. The summed E-state index contributed by atoms with van der Waals surface area (Å²) in [5, 5.41) is 0. The van der Waals surface area contributed by atoms with Gasteiger partial charge >= 0.3 is 0 Å². The van der Waals surface area contributed by atoms with E-state index >= 15 is 0 Å². The fraction of sp³-hybridized carbons (Fsp3) is 0.739. The molecule has 0 spiro atoms. The van der Waals surface area contributed by atoms with E-state index in [2.05, 4.69) is 38.1 Å². The summed E-state index contributed by atoms with van der Waals surface area (Å²) in [7, 11) is 0. The molecule has 4 fully saturated rings. The zero-order valence-electron chi connectivity index (χ0n) is 16.0. The minimum absolute atomic E-state index is 0.0741. The van der Waals surface area contributed by atoms with Crippen LogP contribution in [0.2, 0.25) is 0 Å². The summed E-state index contributed by atoms with van der Waals surface area (Å²) in [4.78, 5) is 0. The van der Waals surface area contributed by atoms with Crippen LogP contribution in [0.15, 0.2) is 24.3 Å². The van der Waals surface area contributed by atoms with E-state index in [0.717, 1.165) is 61.2 Å². The second-order valence-electron chi connectivity index (χ2n) is 8.75. The van der Waals surface area contributed by atoms with Crippen LogP contribution in [0.25, 0.3) is 0 Å². The van der Waals surface area contributed by atoms with Crippen molar-refractivity contribution in [1.82, 2.24) is 0 Å². The van der Waals surface area contributed by atoms with Crippen LogP contribution >= 0.6 is 0 Å². The van der Waals surface area contributed by atoms with E-state index in [1.54, 1.807) is 0 Å². The Bertz CT molecular complexity index is 522. The molecule has 1 unspecified atom stereocenters. The molecule has 1 aromatic carbocycles. The van der Waals surface area contributed by atoms with Gasteiger partial charge in [-0.1, -0.05) is 26.0 Å². The molecular formula is C23H34O2. The number of ether oxygens (including phenoxy) is 2. The maximum atomic E-state index is 6.30. The topological polar surface area (TPSA) is 18.5 Å². The summed E-state index contributed by atoms with van der Waals surface area (Å²) in [6.07, 6.45) is 10.6. The van der Waals surface area contributed by atoms with Crippen molar-refractivity contribution >= 4 is 0 Å². The molecule has 0 heterocycles. The van der Waals surface area contributed by atoms with Gasteiger partial charge in [0.05, 0.1) is 6.61 Å². The third-order valence-electron chi connectivity index (χ3n) is 6.99. The fourth-order valence-corrected chi connectivity index (χ4v) is 6.00. The lowest BCUT2D eigenvalue weighted by atomic mass is 9.51. The molecule has 2 nitrogen and oxygen atoms in total. The number of hydrogen-bond acceptors (Lipinski definition) is 2. The molecule has 1 aromatic rings. The molecular weight excluding hydrogens is 308 g/mol. The van der Waals surface area contributed by atoms with Gasteiger partial charge in [-0.05, 0) is 92.2 Å². The first-order valence-electron chi connectivity index (χ1n) is 10.6. The van der Waals surface area contributed by atoms with E-state index < -0.39 is 0 Å². The van der Waals surface area contributed by atoms with Crippen LogP contribution in [0.4, 0.5) is 0 Å². The molecule has 1 atom stereocenters. The summed E-state index contributed by atoms with van der Waals surface area (Å²) in [5.74, 6) is 5.74. The number of benzene rings is 1. The van der Waals surface area contributed by atoms with E-state index in [0.29, 0.717) is 0 Å². The predicted molar refractivity (Wildman–Crippen MR) is 102 cm³/mol. The molecule has 0 aliphatic heterocycles. The van der Waals surface area contributed by atoms with Crippen molar-refractivity contribution in [3.63, 3.8) is 0 Å². The molecule has 4 bridgehead atoms. The molecule has 0 amide bonds. The van der Waals surface area contributed by atoms with Crippen molar-refractivity contribution in [2.75, 3.05) is 6.61 Å². The Balaban J connectivity index is 1.41. The third kappa shape index (κ3) is 3.89. The Morgan fingerprint density at radius 2 is 1.56 bits per heavy atom. The number of aryl methyl sites for hydroxylation is 1. The largest absolute Gasteiger partial charge is 0.465 e. The van der Waals surface area contributed by atoms with Gasteiger partial charge in [0.1, 0.15) is 5.75 Å². The van der Waals surface area contributed by atoms with Crippen molar-refractivity contribution < 1.29 is 9.47 Å². The average Bonchev–Trinajstić information content (AvgIpc) is 2.62. The van der Waals surface area contributed by atoms with Crippen LogP contribution in [-0.4, -0.2) is 12.9 Å². The second-order valence-corrected chi connectivity index (χ2v) is 8.75. The van der Waals surface area contributed by atoms with Crippen molar-refractivity contribution in [3.8, 4) is 5.75 Å². The van der Waals surface area contributed by atoms with Crippen molar-refractivity contribution in [3.05, 3.63) is 29.8 Å². The van der Waals surface area contributed by atoms with Crippen LogP contribution < -0.4 is 4.74 Å². The molecule has 5 rings (SSSR count). The Kier molecular flexibility index (Phi) is 5.36. The molecule has 25 heavy (non-hydrogen) atoms. The zero-order valence-corrected chi connectivity index (χ0v) is 16.0. The molecule has 2 heteroatoms. The highest BCUT2D eigenvalue weighted by Gasteiger charge is 2.48. The monoisotopic (exact) mass is 342 g/mol. The van der Waals surface area contributed by atoms with E-state index in [1.165, 1.54) is 37.7 Å². The normalized spacial score (nSPS) is 34.2. The molecule has 138 valence electrons. The van der Waals surface area contributed by atoms with Crippen molar-refractivity contribution in [2.45, 2.75) is 71.5 Å². The lowest BCUT2D eigenvalue weighted by Gasteiger charge is -2.55. The Morgan fingerprint density at radius 1 is 0.920 bits per heavy atom. The minimum atomic E-state index is -0.0741. The summed E-state index contributed by atoms with van der Waals surface area (Å²) in [6.45, 7) is 5.16. The summed E-state index contributed by atoms with van der Waals surface area (Å²) < 4.78 is 12.4. The van der Waals surface area contributed by atoms with Gasteiger partial charge < -0.3 is 9.47 Å². The summed E-state index contributed by atoms with van der Waals surface area (Å²) >= 11 is 0. The maximum absolute atomic E-state index is 6.30. The van der Waals surface area contributed by atoms with Crippen LogP contribution in [-0.2, 0) is 11.2 Å². The standard InChI is InChI=1S/C23H34O2/c1-3-9-24-23(25-21-7-5-16(4-2)6-8-21)15-22-19-11-17-10-18(13-19)14-20(22)12-17/h5-8,17-20,22-23H,3-4,9-15H2,1-2H3. The third-order valence-corrected chi connectivity index (χ3v) is 6.99. The van der Waals surface area contributed by atoms with E-state index in [1.807, 2.05) is 0 Å². The van der Waals surface area contributed by atoms with Crippen LogP contribution in [0.5, 0.6) is 5.75 Å². The van der Waals surface area contributed by atoms with E-state index in [4.69, 9.17) is 9.47 Å². The minimum Gasteiger partial charge on any atom is -0.465 e. The summed E-state index contributed by atoms with van der Waals surface area (Å²) in [6, 6.07) is 8.57. The van der Waals surface area contributed by atoms with Gasteiger partial charge in [0.15, 0.2) is 6.29 Å². The van der Waals surface area contributed by atoms with Gasteiger partial charge in [-0.2, -0.15) is 0 Å². The fourth-order valence-electron chi connectivity index (χ4n) is 6.00. The highest BCUT2D eigenvalue weighted by atomic mass is 16.7. The lowest BCUT2D eigenvalue weighted by molar-refractivity contribution is -0.125. The van der Waals surface area contributed by atoms with Crippen LogP contribution in [0.3, 0.4) is 0 Å². The SMILES string of the molecule is CCCOC(CC1C2CC3CC(C2)CC1C3)Oc1ccc(CC)cc1. The van der Waals surface area contributed by atoms with Crippen LogP contribution in [0, 0.1) is 29.6 Å². The summed E-state index contributed by atoms with van der Waals surface area (Å²) in [5.41, 5.74) is 1.36. The number of hydrogen-bond donors (Lipinski definition) is 0. The molecule has 0 radical (unpaired) electrons. The van der Waals surface area contributed by atoms with E-state index in [9.17, 15) is 0 Å². The van der Waals surface area contributed by atoms with Gasteiger partial charge in [0.25, 0.3) is 0 Å². The highest BCUT2D eigenvalue weighted by Crippen LogP contribution is 2.57. The Labute approximate surface area is 153 Å². The molecule has 4 aliphatic carbocycles. The van der Waals surface area contributed by atoms with Gasteiger partial charge in [-0.3, -0.25) is 0 Å². The highest BCUT2D eigenvalue weighted by molar-refractivity contribution is 5.27. The van der Waals surface area contributed by atoms with Gasteiger partial charge in [-0.15, -0.1) is 0 Å². The predicted octanol–water partition coefficient (Wildman–Crippen LogP) is 5.84. The zero-order chi connectivity index (χ0) is 17.2.